The summed E-state index contributed by atoms with van der Waals surface area (Å²) >= 11 is 1.36. The SMILES string of the molecule is CCc1ccc(S(=O)(=O)N2CCOC(c3ccc(N(C)C)cc3)C2)s1. The lowest BCUT2D eigenvalue weighted by Crippen LogP contribution is -2.41. The number of aryl methyl sites for hydroxylation is 1. The molecule has 0 bridgehead atoms. The van der Waals surface area contributed by atoms with E-state index in [0.29, 0.717) is 23.9 Å². The number of hydrogen-bond donors (Lipinski definition) is 0. The van der Waals surface area contributed by atoms with Crippen LogP contribution in [0, 0.1) is 0 Å². The van der Waals surface area contributed by atoms with Crippen LogP contribution >= 0.6 is 11.3 Å². The monoisotopic (exact) mass is 380 g/mol. The molecule has 1 aliphatic rings. The third kappa shape index (κ3) is 3.89. The molecule has 2 aromatic rings. The largest absolute Gasteiger partial charge is 0.378 e. The highest BCUT2D eigenvalue weighted by Crippen LogP contribution is 2.30. The summed E-state index contributed by atoms with van der Waals surface area (Å²) in [6, 6.07) is 11.7. The highest BCUT2D eigenvalue weighted by molar-refractivity contribution is 7.91. The van der Waals surface area contributed by atoms with E-state index in [0.717, 1.165) is 22.5 Å². The number of ether oxygens (including phenoxy) is 1. The Bertz CT molecular complexity index is 813. The minimum Gasteiger partial charge on any atom is -0.378 e. The van der Waals surface area contributed by atoms with Gasteiger partial charge in [-0.15, -0.1) is 11.3 Å². The smallest absolute Gasteiger partial charge is 0.252 e. The zero-order chi connectivity index (χ0) is 18.0. The van der Waals surface area contributed by atoms with Gasteiger partial charge in [0.05, 0.1) is 12.7 Å². The van der Waals surface area contributed by atoms with E-state index in [-0.39, 0.29) is 6.10 Å². The predicted molar refractivity (Wildman–Crippen MR) is 102 cm³/mol. The highest BCUT2D eigenvalue weighted by atomic mass is 32.2. The zero-order valence-corrected chi connectivity index (χ0v) is 16.4. The first-order chi connectivity index (χ1) is 11.9. The average Bonchev–Trinajstić information content (AvgIpc) is 3.12. The fourth-order valence-electron chi connectivity index (χ4n) is 2.85. The third-order valence-corrected chi connectivity index (χ3v) is 7.95. The van der Waals surface area contributed by atoms with Gasteiger partial charge in [0.2, 0.25) is 0 Å². The number of hydrogen-bond acceptors (Lipinski definition) is 5. The molecule has 0 amide bonds. The lowest BCUT2D eigenvalue weighted by molar-refractivity contribution is -0.00249. The summed E-state index contributed by atoms with van der Waals surface area (Å²) in [6.45, 7) is 3.19. The molecule has 0 N–H and O–H groups in total. The third-order valence-electron chi connectivity index (χ3n) is 4.39. The molecule has 1 aliphatic heterocycles. The van der Waals surface area contributed by atoms with Gasteiger partial charge in [0.25, 0.3) is 10.0 Å². The van der Waals surface area contributed by atoms with Crippen LogP contribution in [0.3, 0.4) is 0 Å². The molecule has 0 radical (unpaired) electrons. The van der Waals surface area contributed by atoms with Gasteiger partial charge in [-0.25, -0.2) is 8.42 Å². The summed E-state index contributed by atoms with van der Waals surface area (Å²) in [5.41, 5.74) is 2.11. The van der Waals surface area contributed by atoms with E-state index < -0.39 is 10.0 Å². The van der Waals surface area contributed by atoms with Gasteiger partial charge in [0.1, 0.15) is 4.21 Å². The van der Waals surface area contributed by atoms with E-state index in [4.69, 9.17) is 4.74 Å². The number of anilines is 1. The molecular formula is C18H24N2O3S2. The molecule has 2 heterocycles. The van der Waals surface area contributed by atoms with Gasteiger partial charge in [-0.2, -0.15) is 4.31 Å². The van der Waals surface area contributed by atoms with Crippen molar-refractivity contribution in [3.63, 3.8) is 0 Å². The summed E-state index contributed by atoms with van der Waals surface area (Å²) in [6.07, 6.45) is 0.620. The lowest BCUT2D eigenvalue weighted by Gasteiger charge is -2.32. The molecule has 1 aromatic heterocycles. The molecule has 0 saturated carbocycles. The lowest BCUT2D eigenvalue weighted by atomic mass is 10.1. The Morgan fingerprint density at radius 2 is 1.92 bits per heavy atom. The fraction of sp³-hybridized carbons (Fsp3) is 0.444. The molecule has 0 spiro atoms. The summed E-state index contributed by atoms with van der Waals surface area (Å²) < 4.78 is 33.6. The minimum absolute atomic E-state index is 0.231. The Labute approximate surface area is 153 Å². The van der Waals surface area contributed by atoms with E-state index >= 15 is 0 Å². The maximum atomic E-state index is 12.9. The molecule has 3 rings (SSSR count). The summed E-state index contributed by atoms with van der Waals surface area (Å²) in [5, 5.41) is 0. The molecule has 1 fully saturated rings. The quantitative estimate of drug-likeness (QED) is 0.800. The van der Waals surface area contributed by atoms with Crippen molar-refractivity contribution in [3.8, 4) is 0 Å². The van der Waals surface area contributed by atoms with Crippen molar-refractivity contribution in [1.29, 1.82) is 0 Å². The highest BCUT2D eigenvalue weighted by Gasteiger charge is 2.32. The van der Waals surface area contributed by atoms with Crippen LogP contribution in [0.25, 0.3) is 0 Å². The standard InChI is InChI=1S/C18H24N2O3S2/c1-4-16-9-10-18(24-16)25(21,22)20-11-12-23-17(13-20)14-5-7-15(8-6-14)19(2)3/h5-10,17H,4,11-13H2,1-3H3. The molecular weight excluding hydrogens is 356 g/mol. The Hall–Kier alpha value is -1.41. The average molecular weight is 381 g/mol. The van der Waals surface area contributed by atoms with E-state index in [9.17, 15) is 8.42 Å². The van der Waals surface area contributed by atoms with Crippen LogP contribution in [-0.2, 0) is 21.2 Å². The van der Waals surface area contributed by atoms with Crippen molar-refractivity contribution >= 4 is 27.0 Å². The van der Waals surface area contributed by atoms with Crippen LogP contribution in [0.15, 0.2) is 40.6 Å². The van der Waals surface area contributed by atoms with Crippen LogP contribution < -0.4 is 4.90 Å². The van der Waals surface area contributed by atoms with Crippen molar-refractivity contribution in [2.45, 2.75) is 23.7 Å². The van der Waals surface area contributed by atoms with Gasteiger partial charge in [-0.3, -0.25) is 0 Å². The Morgan fingerprint density at radius 3 is 2.52 bits per heavy atom. The van der Waals surface area contributed by atoms with E-state index in [1.807, 2.05) is 56.3 Å². The van der Waals surface area contributed by atoms with Crippen molar-refractivity contribution in [2.75, 3.05) is 38.7 Å². The van der Waals surface area contributed by atoms with Gasteiger partial charge in [-0.05, 0) is 36.2 Å². The Kier molecular flexibility index (Phi) is 5.48. The molecule has 7 heteroatoms. The maximum absolute atomic E-state index is 12.9. The van der Waals surface area contributed by atoms with Gasteiger partial charge in [-0.1, -0.05) is 19.1 Å². The number of thiophene rings is 1. The van der Waals surface area contributed by atoms with Crippen molar-refractivity contribution in [1.82, 2.24) is 4.31 Å². The van der Waals surface area contributed by atoms with Crippen LogP contribution in [0.4, 0.5) is 5.69 Å². The molecule has 1 atom stereocenters. The van der Waals surface area contributed by atoms with E-state index in [1.165, 1.54) is 11.3 Å². The van der Waals surface area contributed by atoms with E-state index in [2.05, 4.69) is 0 Å². The number of sulfonamides is 1. The first-order valence-electron chi connectivity index (χ1n) is 8.39. The zero-order valence-electron chi connectivity index (χ0n) is 14.8. The van der Waals surface area contributed by atoms with Crippen molar-refractivity contribution < 1.29 is 13.2 Å². The molecule has 136 valence electrons. The molecule has 1 aromatic carbocycles. The Morgan fingerprint density at radius 1 is 1.20 bits per heavy atom. The summed E-state index contributed by atoms with van der Waals surface area (Å²) in [7, 11) is 0.534. The van der Waals surface area contributed by atoms with Crippen LogP contribution in [0.1, 0.15) is 23.5 Å². The second-order valence-electron chi connectivity index (χ2n) is 6.28. The number of nitrogens with zero attached hydrogens (tertiary/aromatic N) is 2. The molecule has 1 unspecified atom stereocenters. The first-order valence-corrected chi connectivity index (χ1v) is 10.6. The molecule has 25 heavy (non-hydrogen) atoms. The number of morpholine rings is 1. The van der Waals surface area contributed by atoms with Crippen molar-refractivity contribution in [3.05, 3.63) is 46.8 Å². The van der Waals surface area contributed by atoms with Crippen LogP contribution in [-0.4, -0.2) is 46.5 Å². The second-order valence-corrected chi connectivity index (χ2v) is 9.62. The van der Waals surface area contributed by atoms with E-state index in [1.54, 1.807) is 10.4 Å². The van der Waals surface area contributed by atoms with Crippen LogP contribution in [0.2, 0.25) is 0 Å². The molecule has 5 nitrogen and oxygen atoms in total. The minimum atomic E-state index is -3.45. The van der Waals surface area contributed by atoms with Gasteiger partial charge >= 0.3 is 0 Å². The molecule has 0 aliphatic carbocycles. The Balaban J connectivity index is 1.78. The predicted octanol–water partition coefficient (Wildman–Crippen LogP) is 3.14. The number of benzene rings is 1. The fourth-order valence-corrected chi connectivity index (χ4v) is 5.72. The van der Waals surface area contributed by atoms with Crippen LogP contribution in [0.5, 0.6) is 0 Å². The summed E-state index contributed by atoms with van der Waals surface area (Å²) in [5.74, 6) is 0. The molecule has 1 saturated heterocycles. The normalized spacial score (nSPS) is 19.1. The maximum Gasteiger partial charge on any atom is 0.252 e. The second kappa shape index (κ2) is 7.45. The van der Waals surface area contributed by atoms with Gasteiger partial charge in [0.15, 0.2) is 0 Å². The number of rotatable bonds is 5. The topological polar surface area (TPSA) is 49.9 Å². The first kappa shape index (κ1) is 18.4. The summed E-state index contributed by atoms with van der Waals surface area (Å²) in [4.78, 5) is 3.12. The van der Waals surface area contributed by atoms with Crippen molar-refractivity contribution in [2.24, 2.45) is 0 Å². The van der Waals surface area contributed by atoms with Gasteiger partial charge < -0.3 is 9.64 Å². The van der Waals surface area contributed by atoms with Gasteiger partial charge in [0, 0.05) is 37.7 Å².